The number of fused-ring (bicyclic) bond motifs is 3. The number of rotatable bonds is 7. The normalized spacial score (nSPS) is 31.9. The van der Waals surface area contributed by atoms with E-state index in [1.807, 2.05) is 0 Å². The summed E-state index contributed by atoms with van der Waals surface area (Å²) in [5.41, 5.74) is -1.85. The van der Waals surface area contributed by atoms with Gasteiger partial charge in [-0.3, -0.25) is 9.59 Å². The maximum absolute atomic E-state index is 13.8. The van der Waals surface area contributed by atoms with Crippen molar-refractivity contribution < 1.29 is 50.5 Å². The van der Waals surface area contributed by atoms with Crippen molar-refractivity contribution in [2.45, 2.75) is 79.4 Å². The predicted molar refractivity (Wildman–Crippen MR) is 154 cm³/mol. The van der Waals surface area contributed by atoms with Gasteiger partial charge >= 0.3 is 0 Å². The summed E-state index contributed by atoms with van der Waals surface area (Å²) in [5.74, 6) is -7.75. The van der Waals surface area contributed by atoms with Crippen LogP contribution in [-0.4, -0.2) is 73.4 Å². The highest BCUT2D eigenvalue weighted by molar-refractivity contribution is 7.92. The van der Waals surface area contributed by atoms with Crippen molar-refractivity contribution in [1.29, 1.82) is 0 Å². The molecule has 10 nitrogen and oxygen atoms in total. The van der Waals surface area contributed by atoms with Crippen molar-refractivity contribution in [3.8, 4) is 0 Å². The molecule has 3 N–H and O–H groups in total. The molecule has 7 atom stereocenters. The van der Waals surface area contributed by atoms with Gasteiger partial charge in [0.05, 0.1) is 27.4 Å². The molecule has 2 heterocycles. The van der Waals surface area contributed by atoms with Crippen molar-refractivity contribution >= 4 is 38.9 Å². The molecule has 2 saturated carbocycles. The number of hydrogen-bond donors (Lipinski definition) is 3. The number of carbonyl (C=O) groups is 2. The minimum Gasteiger partial charge on any atom is -0.387 e. The smallest absolute Gasteiger partial charge is 0.255 e. The minimum absolute atomic E-state index is 0.0869. The summed E-state index contributed by atoms with van der Waals surface area (Å²) in [6.07, 6.45) is -0.542. The van der Waals surface area contributed by atoms with E-state index >= 15 is 0 Å². The molecular formula is C30H32ClF3N2O8S. The number of aliphatic hydroxyl groups is 1. The lowest BCUT2D eigenvalue weighted by molar-refractivity contribution is -0.178. The monoisotopic (exact) mass is 672 g/mol. The molecule has 2 bridgehead atoms. The standard InChI is InChI=1S/C30H32ClF3N2O8S/c1-29(2)43-22-12-42-26(25(22)44-29)28(38)35-13-30(39)15-4-5-16(30)9-18(8-15)45(40,41)23-7-14(3-6-19(23)31)27(37)36-17-10-20(32)24(34)21(33)11-17/h3,6-7,10-11,15-16,18,22,25-26,39H,4-5,8-9,12-13H2,1-2H3,(H,35,38)(H,36,37)/t15-,16?,18-,22-,25-,26-,30-/m0/s1. The van der Waals surface area contributed by atoms with Gasteiger partial charge in [-0.15, -0.1) is 0 Å². The molecule has 0 spiro atoms. The molecule has 2 aromatic rings. The number of benzene rings is 2. The lowest BCUT2D eigenvalue weighted by Crippen LogP contribution is -2.56. The Morgan fingerprint density at radius 2 is 1.69 bits per heavy atom. The molecule has 15 heteroatoms. The van der Waals surface area contributed by atoms with E-state index in [9.17, 15) is 36.3 Å². The van der Waals surface area contributed by atoms with E-state index in [0.717, 1.165) is 6.07 Å². The summed E-state index contributed by atoms with van der Waals surface area (Å²) < 4.78 is 85.4. The number of halogens is 4. The first-order valence-corrected chi connectivity index (χ1v) is 16.5. The molecule has 2 aromatic carbocycles. The van der Waals surface area contributed by atoms with Crippen LogP contribution in [-0.2, 0) is 28.8 Å². The van der Waals surface area contributed by atoms with E-state index in [4.69, 9.17) is 25.8 Å². The van der Waals surface area contributed by atoms with Gasteiger partial charge in [-0.2, -0.15) is 0 Å². The Kier molecular flexibility index (Phi) is 8.22. The third-order valence-electron chi connectivity index (χ3n) is 9.32. The van der Waals surface area contributed by atoms with Crippen LogP contribution in [0.25, 0.3) is 0 Å². The van der Waals surface area contributed by atoms with E-state index in [0.29, 0.717) is 25.0 Å². The number of amides is 2. The van der Waals surface area contributed by atoms with Gasteiger partial charge in [0, 0.05) is 29.9 Å². The van der Waals surface area contributed by atoms with E-state index < -0.39 is 79.8 Å². The summed E-state index contributed by atoms with van der Waals surface area (Å²) in [5, 5.41) is 15.7. The van der Waals surface area contributed by atoms with E-state index in [1.165, 1.54) is 12.1 Å². The highest BCUT2D eigenvalue weighted by Crippen LogP contribution is 2.52. The van der Waals surface area contributed by atoms with E-state index in [-0.39, 0.29) is 53.3 Å². The molecule has 0 aromatic heterocycles. The Morgan fingerprint density at radius 1 is 1.04 bits per heavy atom. The quantitative estimate of drug-likeness (QED) is 0.378. The predicted octanol–water partition coefficient (Wildman–Crippen LogP) is 3.74. The second kappa shape index (κ2) is 11.5. The van der Waals surface area contributed by atoms with Crippen LogP contribution >= 0.6 is 11.6 Å². The molecule has 6 rings (SSSR count). The van der Waals surface area contributed by atoms with Crippen molar-refractivity contribution in [2.75, 3.05) is 18.5 Å². The Labute approximate surface area is 262 Å². The first-order valence-electron chi connectivity index (χ1n) is 14.6. The van der Waals surface area contributed by atoms with E-state index in [2.05, 4.69) is 10.6 Å². The average molecular weight is 673 g/mol. The van der Waals surface area contributed by atoms with Gasteiger partial charge in [-0.05, 0) is 69.6 Å². The molecule has 2 aliphatic heterocycles. The number of nitrogens with one attached hydrogen (secondary N) is 2. The van der Waals surface area contributed by atoms with Crippen LogP contribution in [0.2, 0.25) is 5.02 Å². The Hall–Kier alpha value is -2.75. The molecule has 45 heavy (non-hydrogen) atoms. The van der Waals surface area contributed by atoms with Crippen LogP contribution in [0, 0.1) is 29.3 Å². The first kappa shape index (κ1) is 32.2. The Balaban J connectivity index is 1.13. The van der Waals surface area contributed by atoms with Crippen LogP contribution < -0.4 is 10.6 Å². The van der Waals surface area contributed by atoms with Crippen molar-refractivity contribution in [3.05, 3.63) is 58.4 Å². The highest BCUT2D eigenvalue weighted by Gasteiger charge is 2.57. The minimum atomic E-state index is -4.11. The zero-order chi connectivity index (χ0) is 32.5. The van der Waals surface area contributed by atoms with E-state index in [1.54, 1.807) is 13.8 Å². The summed E-state index contributed by atoms with van der Waals surface area (Å²) in [6.45, 7) is 3.63. The number of sulfone groups is 1. The van der Waals surface area contributed by atoms with Gasteiger partial charge in [0.25, 0.3) is 11.8 Å². The fourth-order valence-electron chi connectivity index (χ4n) is 7.12. The second-order valence-corrected chi connectivity index (χ2v) is 15.2. The van der Waals surface area contributed by atoms with Crippen LogP contribution in [0.15, 0.2) is 35.2 Å². The van der Waals surface area contributed by atoms with Crippen LogP contribution in [0.3, 0.4) is 0 Å². The second-order valence-electron chi connectivity index (χ2n) is 12.6. The molecule has 2 saturated heterocycles. The summed E-state index contributed by atoms with van der Waals surface area (Å²) >= 11 is 6.29. The maximum atomic E-state index is 13.8. The van der Waals surface area contributed by atoms with Gasteiger partial charge in [-0.25, -0.2) is 21.6 Å². The number of anilines is 1. The molecule has 244 valence electrons. The lowest BCUT2D eigenvalue weighted by Gasteiger charge is -2.42. The third kappa shape index (κ3) is 5.85. The number of ether oxygens (including phenoxy) is 3. The third-order valence-corrected chi connectivity index (χ3v) is 12.0. The highest BCUT2D eigenvalue weighted by atomic mass is 35.5. The van der Waals surface area contributed by atoms with Gasteiger partial charge in [0.15, 0.2) is 39.2 Å². The molecule has 0 radical (unpaired) electrons. The maximum Gasteiger partial charge on any atom is 0.255 e. The van der Waals surface area contributed by atoms with Crippen molar-refractivity contribution in [1.82, 2.24) is 5.32 Å². The molecular weight excluding hydrogens is 641 g/mol. The number of carbonyl (C=O) groups excluding carboxylic acids is 2. The fraction of sp³-hybridized carbons (Fsp3) is 0.533. The van der Waals surface area contributed by atoms with Crippen LogP contribution in [0.1, 0.15) is 49.9 Å². The SMILES string of the molecule is CC1(C)O[C@H]2[C@H](CO[C@@H]2C(=O)NC[C@@]2(O)C3CC[C@H]2C[C@H](S(=O)(=O)c2cc(C(=O)Nc4cc(F)c(F)c(F)c4)ccc2Cl)C3)O1. The molecule has 4 aliphatic rings. The van der Waals surface area contributed by atoms with Crippen LogP contribution in [0.5, 0.6) is 0 Å². The van der Waals surface area contributed by atoms with Crippen molar-refractivity contribution in [2.24, 2.45) is 11.8 Å². The van der Waals surface area contributed by atoms with Gasteiger partial charge in [-0.1, -0.05) is 11.6 Å². The van der Waals surface area contributed by atoms with Crippen LogP contribution in [0.4, 0.5) is 18.9 Å². The lowest BCUT2D eigenvalue weighted by atomic mass is 9.74. The van der Waals surface area contributed by atoms with Gasteiger partial charge < -0.3 is 30.0 Å². The average Bonchev–Trinajstić information content (AvgIpc) is 3.51. The molecule has 2 aliphatic carbocycles. The summed E-state index contributed by atoms with van der Waals surface area (Å²) in [7, 11) is -4.11. The van der Waals surface area contributed by atoms with Gasteiger partial charge in [0.1, 0.15) is 12.2 Å². The zero-order valence-corrected chi connectivity index (χ0v) is 25.9. The fourth-order valence-corrected chi connectivity index (χ4v) is 9.52. The Bertz CT molecular complexity index is 1620. The van der Waals surface area contributed by atoms with Crippen molar-refractivity contribution in [3.63, 3.8) is 0 Å². The zero-order valence-electron chi connectivity index (χ0n) is 24.3. The molecule has 2 amide bonds. The number of hydrogen-bond acceptors (Lipinski definition) is 8. The molecule has 1 unspecified atom stereocenters. The first-order chi connectivity index (χ1) is 21.1. The summed E-state index contributed by atoms with van der Waals surface area (Å²) in [4.78, 5) is 25.6. The largest absolute Gasteiger partial charge is 0.387 e. The molecule has 4 fully saturated rings. The summed E-state index contributed by atoms with van der Waals surface area (Å²) in [6, 6.07) is 4.76. The Morgan fingerprint density at radius 3 is 2.33 bits per heavy atom. The van der Waals surface area contributed by atoms with Gasteiger partial charge in [0.2, 0.25) is 0 Å². The topological polar surface area (TPSA) is 140 Å².